The van der Waals surface area contributed by atoms with E-state index in [-0.39, 0.29) is 12.5 Å². The van der Waals surface area contributed by atoms with Crippen molar-refractivity contribution in [3.05, 3.63) is 22.4 Å². The smallest absolute Gasteiger partial charge is 0.312 e. The number of aromatic nitrogens is 1. The number of piperazine rings is 1. The molecule has 0 bridgehead atoms. The third-order valence-corrected chi connectivity index (χ3v) is 5.81. The molecule has 2 amide bonds. The van der Waals surface area contributed by atoms with Gasteiger partial charge in [-0.3, -0.25) is 9.59 Å². The van der Waals surface area contributed by atoms with Crippen molar-refractivity contribution in [1.82, 2.24) is 15.2 Å². The molecule has 0 spiro atoms. The van der Waals surface area contributed by atoms with E-state index < -0.39 is 17.9 Å². The molecule has 1 aromatic rings. The first-order valence-electron chi connectivity index (χ1n) is 10.8. The number of fused-ring (bicyclic) bond motifs is 1. The van der Waals surface area contributed by atoms with Crippen LogP contribution >= 0.6 is 0 Å². The number of carbonyl (C=O) groups is 2. The molecule has 162 valence electrons. The van der Waals surface area contributed by atoms with E-state index >= 15 is 0 Å². The predicted octanol–water partition coefficient (Wildman–Crippen LogP) is 1.10. The zero-order chi connectivity index (χ0) is 21.8. The Kier molecular flexibility index (Phi) is 6.93. The number of amides is 2. The number of hydrogen-bond acceptors (Lipinski definition) is 6. The molecule has 0 saturated carbocycles. The Morgan fingerprint density at radius 3 is 2.33 bits per heavy atom. The van der Waals surface area contributed by atoms with Gasteiger partial charge in [0.25, 0.3) is 0 Å². The fourth-order valence-electron chi connectivity index (χ4n) is 4.24. The SMILES string of the molecule is CC(C)c1nc(N2CCN(C(=O)C(=O)NC[C@@H](C)O)CC2)c(C#N)c2c1CCCC2. The third kappa shape index (κ3) is 4.57. The summed E-state index contributed by atoms with van der Waals surface area (Å²) in [6.07, 6.45) is 3.42. The summed E-state index contributed by atoms with van der Waals surface area (Å²) in [5.41, 5.74) is 4.15. The van der Waals surface area contributed by atoms with Gasteiger partial charge < -0.3 is 20.2 Å². The van der Waals surface area contributed by atoms with Crippen molar-refractivity contribution in [1.29, 1.82) is 5.26 Å². The van der Waals surface area contributed by atoms with Crippen LogP contribution in [0.2, 0.25) is 0 Å². The van der Waals surface area contributed by atoms with Gasteiger partial charge in [-0.25, -0.2) is 4.98 Å². The maximum absolute atomic E-state index is 12.4. The summed E-state index contributed by atoms with van der Waals surface area (Å²) in [4.78, 5) is 32.9. The van der Waals surface area contributed by atoms with Crippen LogP contribution in [-0.2, 0) is 22.4 Å². The number of nitrogens with one attached hydrogen (secondary N) is 1. The van der Waals surface area contributed by atoms with Gasteiger partial charge in [-0.2, -0.15) is 5.26 Å². The second-order valence-electron chi connectivity index (χ2n) is 8.46. The molecular formula is C22H31N5O3. The molecule has 8 nitrogen and oxygen atoms in total. The number of aliphatic hydroxyl groups is 1. The molecule has 0 unspecified atom stereocenters. The van der Waals surface area contributed by atoms with Gasteiger partial charge in [-0.15, -0.1) is 0 Å². The molecule has 2 N–H and O–H groups in total. The van der Waals surface area contributed by atoms with Crippen LogP contribution in [0.4, 0.5) is 5.82 Å². The molecule has 1 aromatic heterocycles. The monoisotopic (exact) mass is 413 g/mol. The highest BCUT2D eigenvalue weighted by atomic mass is 16.3. The molecule has 0 aromatic carbocycles. The zero-order valence-electron chi connectivity index (χ0n) is 18.1. The fraction of sp³-hybridized carbons (Fsp3) is 0.636. The number of anilines is 1. The van der Waals surface area contributed by atoms with Crippen molar-refractivity contribution in [2.24, 2.45) is 0 Å². The van der Waals surface area contributed by atoms with Gasteiger partial charge >= 0.3 is 11.8 Å². The third-order valence-electron chi connectivity index (χ3n) is 5.81. The summed E-state index contributed by atoms with van der Waals surface area (Å²) < 4.78 is 0. The number of nitriles is 1. The average Bonchev–Trinajstić information content (AvgIpc) is 2.75. The maximum Gasteiger partial charge on any atom is 0.312 e. The van der Waals surface area contributed by atoms with Crippen molar-refractivity contribution in [3.8, 4) is 6.07 Å². The average molecular weight is 414 g/mol. The first kappa shape index (κ1) is 22.0. The van der Waals surface area contributed by atoms with Crippen LogP contribution in [0.25, 0.3) is 0 Å². The quantitative estimate of drug-likeness (QED) is 0.716. The number of hydrogen-bond donors (Lipinski definition) is 2. The largest absolute Gasteiger partial charge is 0.392 e. The molecular weight excluding hydrogens is 382 g/mol. The highest BCUT2D eigenvalue weighted by molar-refractivity contribution is 6.35. The number of pyridine rings is 1. The highest BCUT2D eigenvalue weighted by Crippen LogP contribution is 2.35. The second kappa shape index (κ2) is 9.43. The minimum Gasteiger partial charge on any atom is -0.392 e. The van der Waals surface area contributed by atoms with Crippen molar-refractivity contribution >= 4 is 17.6 Å². The number of aliphatic hydroxyl groups excluding tert-OH is 1. The van der Waals surface area contributed by atoms with Crippen LogP contribution in [0.15, 0.2) is 0 Å². The van der Waals surface area contributed by atoms with Crippen LogP contribution in [0.1, 0.15) is 61.9 Å². The summed E-state index contributed by atoms with van der Waals surface area (Å²) in [6.45, 7) is 7.69. The number of carbonyl (C=O) groups excluding carboxylic acids is 2. The van der Waals surface area contributed by atoms with E-state index in [2.05, 4.69) is 30.1 Å². The Bertz CT molecular complexity index is 851. The lowest BCUT2D eigenvalue weighted by atomic mass is 9.85. The molecule has 0 radical (unpaired) electrons. The molecule has 1 aliphatic heterocycles. The van der Waals surface area contributed by atoms with Gasteiger partial charge in [0.2, 0.25) is 0 Å². The van der Waals surface area contributed by atoms with Gasteiger partial charge in [0.05, 0.1) is 11.7 Å². The standard InChI is InChI=1S/C22H31N5O3/c1-14(2)19-17-7-5-4-6-16(17)18(12-23)20(25-19)26-8-10-27(11-9-26)22(30)21(29)24-13-15(3)28/h14-15,28H,4-11,13H2,1-3H3,(H,24,29)/t15-/m1/s1. The molecule has 2 heterocycles. The lowest BCUT2D eigenvalue weighted by Crippen LogP contribution is -2.53. The Morgan fingerprint density at radius 2 is 1.77 bits per heavy atom. The maximum atomic E-state index is 12.4. The summed E-state index contributed by atoms with van der Waals surface area (Å²) in [5.74, 6) is -0.288. The molecule has 3 rings (SSSR count). The minimum atomic E-state index is -0.701. The van der Waals surface area contributed by atoms with E-state index in [4.69, 9.17) is 4.98 Å². The molecule has 30 heavy (non-hydrogen) atoms. The normalized spacial score (nSPS) is 17.3. The lowest BCUT2D eigenvalue weighted by molar-refractivity contribution is -0.146. The Labute approximate surface area is 177 Å². The van der Waals surface area contributed by atoms with E-state index in [1.807, 2.05) is 0 Å². The van der Waals surface area contributed by atoms with Crippen molar-refractivity contribution in [3.63, 3.8) is 0 Å². The van der Waals surface area contributed by atoms with Crippen LogP contribution in [0.5, 0.6) is 0 Å². The van der Waals surface area contributed by atoms with E-state index in [0.29, 0.717) is 37.6 Å². The summed E-state index contributed by atoms with van der Waals surface area (Å²) in [5, 5.41) is 21.6. The Hall–Kier alpha value is -2.66. The molecule has 8 heteroatoms. The first-order chi connectivity index (χ1) is 14.3. The number of rotatable bonds is 4. The fourth-order valence-corrected chi connectivity index (χ4v) is 4.24. The predicted molar refractivity (Wildman–Crippen MR) is 113 cm³/mol. The van der Waals surface area contributed by atoms with Crippen LogP contribution in [0.3, 0.4) is 0 Å². The lowest BCUT2D eigenvalue weighted by Gasteiger charge is -2.36. The van der Waals surface area contributed by atoms with Crippen LogP contribution < -0.4 is 10.2 Å². The van der Waals surface area contributed by atoms with Crippen molar-refractivity contribution < 1.29 is 14.7 Å². The summed E-state index contributed by atoms with van der Waals surface area (Å²) in [6, 6.07) is 2.39. The van der Waals surface area contributed by atoms with Gasteiger partial charge in [0.1, 0.15) is 11.9 Å². The number of nitrogens with zero attached hydrogens (tertiary/aromatic N) is 4. The molecule has 2 aliphatic rings. The molecule has 1 saturated heterocycles. The van der Waals surface area contributed by atoms with E-state index in [0.717, 1.165) is 36.9 Å². The van der Waals surface area contributed by atoms with E-state index in [1.165, 1.54) is 10.5 Å². The topological polar surface area (TPSA) is 110 Å². The molecule has 1 aliphatic carbocycles. The van der Waals surface area contributed by atoms with Gasteiger partial charge in [0, 0.05) is 38.4 Å². The van der Waals surface area contributed by atoms with Crippen molar-refractivity contribution in [2.75, 3.05) is 37.6 Å². The zero-order valence-corrected chi connectivity index (χ0v) is 18.1. The summed E-state index contributed by atoms with van der Waals surface area (Å²) >= 11 is 0. The highest BCUT2D eigenvalue weighted by Gasteiger charge is 2.30. The minimum absolute atomic E-state index is 0.0487. The molecule has 1 fully saturated rings. The Balaban J connectivity index is 1.77. The van der Waals surface area contributed by atoms with Crippen LogP contribution in [-0.4, -0.2) is 65.6 Å². The Morgan fingerprint density at radius 1 is 1.13 bits per heavy atom. The van der Waals surface area contributed by atoms with Gasteiger partial charge in [-0.1, -0.05) is 13.8 Å². The van der Waals surface area contributed by atoms with Crippen molar-refractivity contribution in [2.45, 2.75) is 58.5 Å². The molecule has 1 atom stereocenters. The summed E-state index contributed by atoms with van der Waals surface area (Å²) in [7, 11) is 0. The van der Waals surface area contributed by atoms with E-state index in [9.17, 15) is 20.0 Å². The second-order valence-corrected chi connectivity index (χ2v) is 8.46. The van der Waals surface area contributed by atoms with Crippen LogP contribution in [0, 0.1) is 11.3 Å². The van der Waals surface area contributed by atoms with Gasteiger partial charge in [-0.05, 0) is 49.7 Å². The van der Waals surface area contributed by atoms with Gasteiger partial charge in [0.15, 0.2) is 0 Å². The van der Waals surface area contributed by atoms with E-state index in [1.54, 1.807) is 6.92 Å². The first-order valence-corrected chi connectivity index (χ1v) is 10.8.